The molecule has 0 atom stereocenters. The van der Waals surface area contributed by atoms with Gasteiger partial charge < -0.3 is 14.4 Å². The summed E-state index contributed by atoms with van der Waals surface area (Å²) in [6, 6.07) is 8.02. The first-order valence-electron chi connectivity index (χ1n) is 8.53. The second-order valence-electron chi connectivity index (χ2n) is 6.59. The van der Waals surface area contributed by atoms with Gasteiger partial charge >= 0.3 is 5.97 Å². The number of ether oxygens (including phenoxy) is 2. The van der Waals surface area contributed by atoms with Crippen molar-refractivity contribution >= 4 is 11.7 Å². The summed E-state index contributed by atoms with van der Waals surface area (Å²) in [6.45, 7) is 2.00. The SMILES string of the molecule is COC(=O)C1=CN(c2ccc(OC)cc2)C2(C=C1C)CCCCC2. The fourth-order valence-corrected chi connectivity index (χ4v) is 3.86. The van der Waals surface area contributed by atoms with Crippen LogP contribution >= 0.6 is 0 Å². The van der Waals surface area contributed by atoms with E-state index < -0.39 is 0 Å². The van der Waals surface area contributed by atoms with Crippen LogP contribution in [0.2, 0.25) is 0 Å². The number of hydrogen-bond donors (Lipinski definition) is 0. The zero-order chi connectivity index (χ0) is 17.2. The summed E-state index contributed by atoms with van der Waals surface area (Å²) in [5.74, 6) is 0.547. The molecule has 2 aliphatic rings. The van der Waals surface area contributed by atoms with E-state index in [1.54, 1.807) is 7.11 Å². The molecular formula is C20H25NO3. The first-order chi connectivity index (χ1) is 11.6. The molecule has 1 aromatic carbocycles. The lowest BCUT2D eigenvalue weighted by atomic mass is 9.76. The molecule has 1 aliphatic carbocycles. The van der Waals surface area contributed by atoms with E-state index in [1.165, 1.54) is 26.4 Å². The van der Waals surface area contributed by atoms with Crippen molar-refractivity contribution in [1.29, 1.82) is 0 Å². The first kappa shape index (κ1) is 16.6. The van der Waals surface area contributed by atoms with E-state index in [0.29, 0.717) is 5.57 Å². The molecule has 0 radical (unpaired) electrons. The first-order valence-corrected chi connectivity index (χ1v) is 8.53. The number of benzene rings is 1. The van der Waals surface area contributed by atoms with Crippen molar-refractivity contribution in [2.45, 2.75) is 44.6 Å². The Labute approximate surface area is 143 Å². The number of nitrogens with zero attached hydrogens (tertiary/aromatic N) is 1. The van der Waals surface area contributed by atoms with Crippen LogP contribution in [0.15, 0.2) is 47.7 Å². The Kier molecular flexibility index (Phi) is 4.65. The minimum absolute atomic E-state index is 0.0472. The maximum Gasteiger partial charge on any atom is 0.339 e. The van der Waals surface area contributed by atoms with Gasteiger partial charge in [0.1, 0.15) is 5.75 Å². The fraction of sp³-hybridized carbons (Fsp3) is 0.450. The van der Waals surface area contributed by atoms with E-state index in [2.05, 4.69) is 23.1 Å². The number of hydrogen-bond acceptors (Lipinski definition) is 4. The third-order valence-electron chi connectivity index (χ3n) is 5.12. The maximum absolute atomic E-state index is 12.1. The Balaban J connectivity index is 2.05. The molecule has 1 aliphatic heterocycles. The average Bonchev–Trinajstić information content (AvgIpc) is 2.62. The van der Waals surface area contributed by atoms with E-state index in [1.807, 2.05) is 25.3 Å². The van der Waals surface area contributed by atoms with Crippen LogP contribution in [0, 0.1) is 0 Å². The molecule has 1 aromatic rings. The molecule has 0 amide bonds. The summed E-state index contributed by atoms with van der Waals surface area (Å²) in [5.41, 5.74) is 2.66. The highest BCUT2D eigenvalue weighted by Crippen LogP contribution is 2.43. The number of carbonyl (C=O) groups excluding carboxylic acids is 1. The van der Waals surface area contributed by atoms with Gasteiger partial charge in [-0.25, -0.2) is 4.79 Å². The van der Waals surface area contributed by atoms with Gasteiger partial charge in [-0.2, -0.15) is 0 Å². The second-order valence-corrected chi connectivity index (χ2v) is 6.59. The summed E-state index contributed by atoms with van der Waals surface area (Å²) in [6.07, 6.45) is 10.1. The third kappa shape index (κ3) is 2.93. The van der Waals surface area contributed by atoms with Crippen molar-refractivity contribution in [3.05, 3.63) is 47.7 Å². The Morgan fingerprint density at radius 1 is 1.08 bits per heavy atom. The van der Waals surface area contributed by atoms with Gasteiger partial charge in [-0.3, -0.25) is 0 Å². The molecule has 0 N–H and O–H groups in total. The maximum atomic E-state index is 12.1. The largest absolute Gasteiger partial charge is 0.497 e. The van der Waals surface area contributed by atoms with Gasteiger partial charge in [0, 0.05) is 11.9 Å². The molecular weight excluding hydrogens is 302 g/mol. The van der Waals surface area contributed by atoms with Crippen molar-refractivity contribution < 1.29 is 14.3 Å². The predicted octanol–water partition coefficient (Wildman–Crippen LogP) is 4.22. The normalized spacial score (nSPS) is 19.5. The van der Waals surface area contributed by atoms with E-state index in [-0.39, 0.29) is 11.5 Å². The summed E-state index contributed by atoms with van der Waals surface area (Å²) in [4.78, 5) is 14.4. The van der Waals surface area contributed by atoms with Gasteiger partial charge in [0.05, 0.1) is 25.3 Å². The Bertz CT molecular complexity index is 667. The highest BCUT2D eigenvalue weighted by atomic mass is 16.5. The quantitative estimate of drug-likeness (QED) is 0.779. The molecule has 128 valence electrons. The van der Waals surface area contributed by atoms with Crippen LogP contribution in [-0.4, -0.2) is 25.7 Å². The van der Waals surface area contributed by atoms with Gasteiger partial charge in [-0.15, -0.1) is 0 Å². The lowest BCUT2D eigenvalue weighted by Gasteiger charge is -2.47. The third-order valence-corrected chi connectivity index (χ3v) is 5.12. The van der Waals surface area contributed by atoms with Crippen molar-refractivity contribution in [3.63, 3.8) is 0 Å². The fourth-order valence-electron chi connectivity index (χ4n) is 3.86. The lowest BCUT2D eigenvalue weighted by molar-refractivity contribution is -0.135. The molecule has 1 heterocycles. The van der Waals surface area contributed by atoms with Crippen LogP contribution in [0.25, 0.3) is 0 Å². The molecule has 0 bridgehead atoms. The Morgan fingerprint density at radius 3 is 2.33 bits per heavy atom. The number of rotatable bonds is 3. The van der Waals surface area contributed by atoms with Crippen LogP contribution < -0.4 is 9.64 Å². The molecule has 1 spiro atoms. The van der Waals surface area contributed by atoms with Gasteiger partial charge in [0.15, 0.2) is 0 Å². The topological polar surface area (TPSA) is 38.8 Å². The molecule has 24 heavy (non-hydrogen) atoms. The summed E-state index contributed by atoms with van der Waals surface area (Å²) in [5, 5.41) is 0. The molecule has 4 nitrogen and oxygen atoms in total. The summed E-state index contributed by atoms with van der Waals surface area (Å²) in [7, 11) is 3.10. The van der Waals surface area contributed by atoms with Crippen LogP contribution in [-0.2, 0) is 9.53 Å². The standard InChI is InChI=1S/C20H25NO3/c1-15-13-20(11-5-4-6-12-20)21(14-18(15)19(22)24-3)16-7-9-17(23-2)10-8-16/h7-10,13-14H,4-6,11-12H2,1-3H3. The zero-order valence-corrected chi connectivity index (χ0v) is 14.7. The van der Waals surface area contributed by atoms with E-state index in [0.717, 1.165) is 29.9 Å². The molecule has 4 heteroatoms. The van der Waals surface area contributed by atoms with Gasteiger partial charge in [0.2, 0.25) is 0 Å². The number of esters is 1. The predicted molar refractivity (Wildman–Crippen MR) is 95.1 cm³/mol. The molecule has 1 saturated carbocycles. The lowest BCUT2D eigenvalue weighted by Crippen LogP contribution is -2.48. The van der Waals surface area contributed by atoms with Crippen LogP contribution in [0.5, 0.6) is 5.75 Å². The van der Waals surface area contributed by atoms with Crippen molar-refractivity contribution in [3.8, 4) is 5.75 Å². The average molecular weight is 327 g/mol. The molecule has 1 fully saturated rings. The molecule has 0 unspecified atom stereocenters. The smallest absolute Gasteiger partial charge is 0.339 e. The zero-order valence-electron chi connectivity index (χ0n) is 14.7. The van der Waals surface area contributed by atoms with Crippen LogP contribution in [0.1, 0.15) is 39.0 Å². The highest BCUT2D eigenvalue weighted by Gasteiger charge is 2.39. The Hall–Kier alpha value is -2.23. The highest BCUT2D eigenvalue weighted by molar-refractivity contribution is 5.94. The monoisotopic (exact) mass is 327 g/mol. The molecule has 3 rings (SSSR count). The van der Waals surface area contributed by atoms with E-state index in [4.69, 9.17) is 9.47 Å². The van der Waals surface area contributed by atoms with Gasteiger partial charge in [0.25, 0.3) is 0 Å². The van der Waals surface area contributed by atoms with Crippen molar-refractivity contribution in [1.82, 2.24) is 0 Å². The van der Waals surface area contributed by atoms with Crippen LogP contribution in [0.4, 0.5) is 5.69 Å². The Morgan fingerprint density at radius 2 is 1.75 bits per heavy atom. The van der Waals surface area contributed by atoms with Crippen LogP contribution in [0.3, 0.4) is 0 Å². The number of carbonyl (C=O) groups is 1. The summed E-state index contributed by atoms with van der Waals surface area (Å²) < 4.78 is 10.2. The number of methoxy groups -OCH3 is 2. The van der Waals surface area contributed by atoms with Crippen molar-refractivity contribution in [2.24, 2.45) is 0 Å². The summed E-state index contributed by atoms with van der Waals surface area (Å²) >= 11 is 0. The van der Waals surface area contributed by atoms with E-state index >= 15 is 0 Å². The minimum Gasteiger partial charge on any atom is -0.497 e. The van der Waals surface area contributed by atoms with Gasteiger partial charge in [-0.1, -0.05) is 25.3 Å². The molecule has 0 aromatic heterocycles. The number of anilines is 1. The van der Waals surface area contributed by atoms with Gasteiger partial charge in [-0.05, 0) is 49.6 Å². The second kappa shape index (κ2) is 6.71. The van der Waals surface area contributed by atoms with Crippen molar-refractivity contribution in [2.75, 3.05) is 19.1 Å². The van der Waals surface area contributed by atoms with E-state index in [9.17, 15) is 4.79 Å². The minimum atomic E-state index is -0.284. The molecule has 0 saturated heterocycles.